The van der Waals surface area contributed by atoms with Crippen LogP contribution in [0.4, 0.5) is 4.39 Å². The van der Waals surface area contributed by atoms with Crippen LogP contribution in [0.1, 0.15) is 43.9 Å². The van der Waals surface area contributed by atoms with Crippen molar-refractivity contribution in [2.75, 3.05) is 13.7 Å². The maximum atomic E-state index is 12.9. The molecule has 2 rings (SSSR count). The number of fused-ring (bicyclic) bond motifs is 1. The van der Waals surface area contributed by atoms with Gasteiger partial charge >= 0.3 is 0 Å². The van der Waals surface area contributed by atoms with Gasteiger partial charge in [-0.05, 0) is 42.0 Å². The summed E-state index contributed by atoms with van der Waals surface area (Å²) in [5.74, 6) is 0. The Morgan fingerprint density at radius 2 is 2.06 bits per heavy atom. The predicted molar refractivity (Wildman–Crippen MR) is 74.7 cm³/mol. The Balaban J connectivity index is 2.32. The minimum Gasteiger partial charge on any atom is -0.296 e. The summed E-state index contributed by atoms with van der Waals surface area (Å²) in [7, 11) is 2.02. The molecular formula is C16H24FN. The second-order valence-electron chi connectivity index (χ2n) is 6.15. The molecule has 1 aromatic carbocycles. The van der Waals surface area contributed by atoms with Gasteiger partial charge in [-0.1, -0.05) is 39.0 Å². The fourth-order valence-electron chi connectivity index (χ4n) is 2.58. The Hall–Kier alpha value is -0.890. The average molecular weight is 249 g/mol. The van der Waals surface area contributed by atoms with Crippen LogP contribution in [0.2, 0.25) is 0 Å². The highest BCUT2D eigenvalue weighted by Crippen LogP contribution is 2.31. The Morgan fingerprint density at radius 3 is 2.67 bits per heavy atom. The molecule has 1 nitrogen and oxygen atoms in total. The molecule has 0 aromatic heterocycles. The Labute approximate surface area is 110 Å². The van der Waals surface area contributed by atoms with Gasteiger partial charge in [-0.2, -0.15) is 0 Å². The SMILES string of the molecule is CCC(C)(C)c1ccc2c(c1)CN(C)C(CF)C2. The van der Waals surface area contributed by atoms with Gasteiger partial charge in [0.05, 0.1) is 0 Å². The van der Waals surface area contributed by atoms with Crippen LogP contribution in [0.3, 0.4) is 0 Å². The monoisotopic (exact) mass is 249 g/mol. The van der Waals surface area contributed by atoms with E-state index in [1.54, 1.807) is 0 Å². The molecule has 0 amide bonds. The summed E-state index contributed by atoms with van der Waals surface area (Å²) in [5, 5.41) is 0. The molecule has 1 atom stereocenters. The fourth-order valence-corrected chi connectivity index (χ4v) is 2.58. The largest absolute Gasteiger partial charge is 0.296 e. The molecule has 0 bridgehead atoms. The van der Waals surface area contributed by atoms with Crippen molar-refractivity contribution in [3.8, 4) is 0 Å². The summed E-state index contributed by atoms with van der Waals surface area (Å²) in [6, 6.07) is 6.81. The van der Waals surface area contributed by atoms with Crippen LogP contribution in [0, 0.1) is 0 Å². The topological polar surface area (TPSA) is 3.24 Å². The van der Waals surface area contributed by atoms with Crippen molar-refractivity contribution in [1.82, 2.24) is 4.90 Å². The summed E-state index contributed by atoms with van der Waals surface area (Å²) in [6.07, 6.45) is 1.98. The van der Waals surface area contributed by atoms with E-state index in [0.717, 1.165) is 19.4 Å². The van der Waals surface area contributed by atoms with Gasteiger partial charge in [0.2, 0.25) is 0 Å². The first-order chi connectivity index (χ1) is 8.47. The lowest BCUT2D eigenvalue weighted by Crippen LogP contribution is -2.39. The van der Waals surface area contributed by atoms with Crippen molar-refractivity contribution >= 4 is 0 Å². The molecule has 0 aliphatic carbocycles. The summed E-state index contributed by atoms with van der Waals surface area (Å²) in [6.45, 7) is 7.41. The quantitative estimate of drug-likeness (QED) is 0.789. The molecule has 1 aliphatic rings. The second-order valence-corrected chi connectivity index (χ2v) is 6.15. The summed E-state index contributed by atoms with van der Waals surface area (Å²) in [4.78, 5) is 2.13. The standard InChI is InChI=1S/C16H24FN/c1-5-16(2,3)14-7-6-12-9-15(10-17)18(4)11-13(12)8-14/h6-8,15H,5,9-11H2,1-4H3. The molecule has 1 heterocycles. The molecule has 2 heteroatoms. The van der Waals surface area contributed by atoms with E-state index in [-0.39, 0.29) is 18.1 Å². The molecule has 18 heavy (non-hydrogen) atoms. The normalized spacial score (nSPS) is 20.8. The van der Waals surface area contributed by atoms with Crippen LogP contribution in [0.25, 0.3) is 0 Å². The first-order valence-electron chi connectivity index (χ1n) is 6.86. The van der Waals surface area contributed by atoms with Gasteiger partial charge in [0, 0.05) is 12.6 Å². The van der Waals surface area contributed by atoms with Gasteiger partial charge < -0.3 is 0 Å². The third-order valence-electron chi connectivity index (χ3n) is 4.55. The average Bonchev–Trinajstić information content (AvgIpc) is 2.37. The molecule has 100 valence electrons. The maximum absolute atomic E-state index is 12.9. The zero-order chi connectivity index (χ0) is 13.3. The number of alkyl halides is 1. The van der Waals surface area contributed by atoms with Crippen molar-refractivity contribution in [2.24, 2.45) is 0 Å². The van der Waals surface area contributed by atoms with Crippen LogP contribution in [0.5, 0.6) is 0 Å². The lowest BCUT2D eigenvalue weighted by atomic mass is 9.80. The van der Waals surface area contributed by atoms with Gasteiger partial charge in [-0.15, -0.1) is 0 Å². The van der Waals surface area contributed by atoms with E-state index < -0.39 is 0 Å². The number of likely N-dealkylation sites (N-methyl/N-ethyl adjacent to an activating group) is 1. The second kappa shape index (κ2) is 5.00. The van der Waals surface area contributed by atoms with E-state index in [0.29, 0.717) is 0 Å². The van der Waals surface area contributed by atoms with Crippen LogP contribution in [0.15, 0.2) is 18.2 Å². The lowest BCUT2D eigenvalue weighted by molar-refractivity contribution is 0.179. The highest BCUT2D eigenvalue weighted by molar-refractivity contribution is 5.37. The number of halogens is 1. The lowest BCUT2D eigenvalue weighted by Gasteiger charge is -2.34. The molecule has 1 unspecified atom stereocenters. The zero-order valence-electron chi connectivity index (χ0n) is 12.0. The van der Waals surface area contributed by atoms with Gasteiger partial charge in [0.15, 0.2) is 0 Å². The Bertz CT molecular complexity index is 425. The van der Waals surface area contributed by atoms with E-state index in [1.807, 2.05) is 7.05 Å². The molecular weight excluding hydrogens is 225 g/mol. The van der Waals surface area contributed by atoms with Crippen molar-refractivity contribution in [2.45, 2.75) is 51.6 Å². The molecule has 0 radical (unpaired) electrons. The molecule has 0 N–H and O–H groups in total. The number of hydrogen-bond donors (Lipinski definition) is 0. The molecule has 0 spiro atoms. The molecule has 1 aromatic rings. The number of rotatable bonds is 3. The van der Waals surface area contributed by atoms with Gasteiger partial charge in [0.25, 0.3) is 0 Å². The minimum absolute atomic E-state index is 0.0579. The first-order valence-corrected chi connectivity index (χ1v) is 6.86. The Kier molecular flexibility index (Phi) is 3.76. The predicted octanol–water partition coefficient (Wildman–Crippen LogP) is 3.70. The third-order valence-corrected chi connectivity index (χ3v) is 4.55. The number of hydrogen-bond acceptors (Lipinski definition) is 1. The van der Waals surface area contributed by atoms with Gasteiger partial charge in [0.1, 0.15) is 6.67 Å². The molecule has 1 aliphatic heterocycles. The van der Waals surface area contributed by atoms with Crippen molar-refractivity contribution in [1.29, 1.82) is 0 Å². The molecule has 0 saturated heterocycles. The van der Waals surface area contributed by atoms with E-state index in [4.69, 9.17) is 0 Å². The van der Waals surface area contributed by atoms with Crippen LogP contribution in [-0.2, 0) is 18.4 Å². The van der Waals surface area contributed by atoms with Gasteiger partial charge in [-0.3, -0.25) is 4.90 Å². The number of benzene rings is 1. The highest BCUT2D eigenvalue weighted by Gasteiger charge is 2.25. The number of nitrogens with zero attached hydrogens (tertiary/aromatic N) is 1. The summed E-state index contributed by atoms with van der Waals surface area (Å²) in [5.41, 5.74) is 4.33. The van der Waals surface area contributed by atoms with Crippen molar-refractivity contribution in [3.05, 3.63) is 34.9 Å². The fraction of sp³-hybridized carbons (Fsp3) is 0.625. The first kappa shape index (κ1) is 13.5. The maximum Gasteiger partial charge on any atom is 0.105 e. The van der Waals surface area contributed by atoms with E-state index >= 15 is 0 Å². The zero-order valence-corrected chi connectivity index (χ0v) is 12.0. The van der Waals surface area contributed by atoms with E-state index in [2.05, 4.69) is 43.9 Å². The summed E-state index contributed by atoms with van der Waals surface area (Å²) < 4.78 is 12.9. The highest BCUT2D eigenvalue weighted by atomic mass is 19.1. The molecule has 0 saturated carbocycles. The van der Waals surface area contributed by atoms with Crippen molar-refractivity contribution in [3.63, 3.8) is 0 Å². The third kappa shape index (κ3) is 2.44. The summed E-state index contributed by atoms with van der Waals surface area (Å²) >= 11 is 0. The Morgan fingerprint density at radius 1 is 1.33 bits per heavy atom. The van der Waals surface area contributed by atoms with E-state index in [1.165, 1.54) is 16.7 Å². The van der Waals surface area contributed by atoms with Crippen LogP contribution >= 0.6 is 0 Å². The smallest absolute Gasteiger partial charge is 0.105 e. The van der Waals surface area contributed by atoms with Gasteiger partial charge in [-0.25, -0.2) is 4.39 Å². The molecule has 0 fully saturated rings. The van der Waals surface area contributed by atoms with Crippen LogP contribution in [-0.4, -0.2) is 24.7 Å². The van der Waals surface area contributed by atoms with E-state index in [9.17, 15) is 4.39 Å². The minimum atomic E-state index is -0.252. The van der Waals surface area contributed by atoms with Crippen molar-refractivity contribution < 1.29 is 4.39 Å². The van der Waals surface area contributed by atoms with Crippen LogP contribution < -0.4 is 0 Å².